The van der Waals surface area contributed by atoms with Gasteiger partial charge in [-0.05, 0) is 25.1 Å². The van der Waals surface area contributed by atoms with Crippen molar-refractivity contribution in [3.8, 4) is 0 Å². The monoisotopic (exact) mass is 317 g/mol. The fourth-order valence-electron chi connectivity index (χ4n) is 1.65. The molecule has 1 aromatic carbocycles. The van der Waals surface area contributed by atoms with Gasteiger partial charge in [0.25, 0.3) is 5.91 Å². The molecule has 0 spiro atoms. The first-order chi connectivity index (χ1) is 9.40. The molecule has 1 amide bonds. The summed E-state index contributed by atoms with van der Waals surface area (Å²) in [6.07, 6.45) is -11.0. The highest BCUT2D eigenvalue weighted by atomic mass is 19.4. The summed E-state index contributed by atoms with van der Waals surface area (Å²) >= 11 is 0. The van der Waals surface area contributed by atoms with Crippen molar-refractivity contribution in [2.24, 2.45) is 0 Å². The second-order valence-corrected chi connectivity index (χ2v) is 4.38. The zero-order valence-corrected chi connectivity index (χ0v) is 10.6. The van der Waals surface area contributed by atoms with E-state index < -0.39 is 47.7 Å². The molecular weight excluding hydrogens is 307 g/mol. The van der Waals surface area contributed by atoms with E-state index in [9.17, 15) is 35.5 Å². The summed E-state index contributed by atoms with van der Waals surface area (Å²) in [5.41, 5.74) is -2.47. The minimum atomic E-state index is -5.00. The number of amides is 1. The second kappa shape index (κ2) is 5.90. The number of hydrogen-bond donors (Lipinski definition) is 1. The molecule has 21 heavy (non-hydrogen) atoms. The predicted molar refractivity (Wildman–Crippen MR) is 59.0 cm³/mol. The molecule has 1 rings (SSSR count). The van der Waals surface area contributed by atoms with Crippen LogP contribution in [0.3, 0.4) is 0 Å². The van der Waals surface area contributed by atoms with Crippen LogP contribution in [0.15, 0.2) is 18.2 Å². The molecule has 0 aliphatic rings. The predicted octanol–water partition coefficient (Wildman–Crippen LogP) is 3.92. The molecule has 0 heterocycles. The first-order valence-corrected chi connectivity index (χ1v) is 5.64. The lowest BCUT2D eigenvalue weighted by Crippen LogP contribution is -2.36. The quantitative estimate of drug-likeness (QED) is 0.841. The number of alkyl halides is 6. The van der Waals surface area contributed by atoms with Crippen LogP contribution in [0.25, 0.3) is 0 Å². The summed E-state index contributed by atoms with van der Waals surface area (Å²) < 4.78 is 87.2. The summed E-state index contributed by atoms with van der Waals surface area (Å²) in [6, 6.07) is -0.0981. The number of nitrogens with one attached hydrogen (secondary N) is 1. The Hall–Kier alpha value is -1.80. The standard InChI is InChI=1S/C12H10F7NO/c1-6(5-11(14,15)16)20-10(21)8-3-2-7(13)4-9(8)12(17,18)19/h2-4,6H,5H2,1H3,(H,20,21)/t6-/m0/s1. The number of carbonyl (C=O) groups excluding carboxylic acids is 1. The zero-order chi connectivity index (χ0) is 16.4. The van der Waals surface area contributed by atoms with Crippen molar-refractivity contribution in [1.82, 2.24) is 5.32 Å². The fraction of sp³-hybridized carbons (Fsp3) is 0.417. The molecule has 0 aliphatic carbocycles. The molecule has 0 bridgehead atoms. The Labute approximate surface area is 114 Å². The molecule has 9 heteroatoms. The maximum absolute atomic E-state index is 12.8. The van der Waals surface area contributed by atoms with E-state index in [1.54, 1.807) is 5.32 Å². The van der Waals surface area contributed by atoms with Crippen LogP contribution in [0.4, 0.5) is 30.7 Å². The Kier molecular flexibility index (Phi) is 4.85. The van der Waals surface area contributed by atoms with Gasteiger partial charge >= 0.3 is 12.4 Å². The number of carbonyl (C=O) groups is 1. The summed E-state index contributed by atoms with van der Waals surface area (Å²) in [5, 5.41) is 1.80. The second-order valence-electron chi connectivity index (χ2n) is 4.38. The van der Waals surface area contributed by atoms with Crippen LogP contribution in [0, 0.1) is 5.82 Å². The van der Waals surface area contributed by atoms with E-state index in [1.807, 2.05) is 0 Å². The summed E-state index contributed by atoms with van der Waals surface area (Å²) in [7, 11) is 0. The largest absolute Gasteiger partial charge is 0.417 e. The van der Waals surface area contributed by atoms with Crippen molar-refractivity contribution in [3.63, 3.8) is 0 Å². The number of rotatable bonds is 3. The third kappa shape index (κ3) is 5.24. The molecule has 0 fully saturated rings. The molecular formula is C12H10F7NO. The lowest BCUT2D eigenvalue weighted by molar-refractivity contribution is -0.139. The molecule has 0 unspecified atom stereocenters. The Morgan fingerprint density at radius 1 is 1.19 bits per heavy atom. The van der Waals surface area contributed by atoms with Gasteiger partial charge < -0.3 is 5.32 Å². The number of benzene rings is 1. The van der Waals surface area contributed by atoms with Gasteiger partial charge in [0.05, 0.1) is 17.5 Å². The minimum absolute atomic E-state index is 0.114. The molecule has 2 nitrogen and oxygen atoms in total. The summed E-state index contributed by atoms with van der Waals surface area (Å²) in [5.74, 6) is -2.55. The van der Waals surface area contributed by atoms with Crippen molar-refractivity contribution in [3.05, 3.63) is 35.1 Å². The highest BCUT2D eigenvalue weighted by molar-refractivity contribution is 5.96. The van der Waals surface area contributed by atoms with Gasteiger partial charge in [-0.3, -0.25) is 4.79 Å². The van der Waals surface area contributed by atoms with E-state index in [4.69, 9.17) is 0 Å². The molecule has 118 valence electrons. The molecule has 0 aromatic heterocycles. The van der Waals surface area contributed by atoms with Crippen molar-refractivity contribution < 1.29 is 35.5 Å². The van der Waals surface area contributed by atoms with Gasteiger partial charge in [-0.25, -0.2) is 4.39 Å². The van der Waals surface area contributed by atoms with Crippen LogP contribution < -0.4 is 5.32 Å². The van der Waals surface area contributed by atoms with Crippen LogP contribution in [0.1, 0.15) is 29.3 Å². The van der Waals surface area contributed by atoms with Gasteiger partial charge in [0.2, 0.25) is 0 Å². The van der Waals surface area contributed by atoms with Crippen LogP contribution in [-0.2, 0) is 6.18 Å². The Bertz CT molecular complexity index is 521. The van der Waals surface area contributed by atoms with E-state index in [0.29, 0.717) is 12.1 Å². The lowest BCUT2D eigenvalue weighted by Gasteiger charge is -2.18. The van der Waals surface area contributed by atoms with Crippen molar-refractivity contribution in [2.45, 2.75) is 31.7 Å². The van der Waals surface area contributed by atoms with Crippen LogP contribution in [-0.4, -0.2) is 18.1 Å². The van der Waals surface area contributed by atoms with Gasteiger partial charge in [-0.15, -0.1) is 0 Å². The van der Waals surface area contributed by atoms with Crippen molar-refractivity contribution >= 4 is 5.91 Å². The van der Waals surface area contributed by atoms with Gasteiger partial charge in [-0.1, -0.05) is 0 Å². The van der Waals surface area contributed by atoms with Gasteiger partial charge in [0, 0.05) is 6.04 Å². The summed E-state index contributed by atoms with van der Waals surface area (Å²) in [4.78, 5) is 11.6. The lowest BCUT2D eigenvalue weighted by atomic mass is 10.1. The minimum Gasteiger partial charge on any atom is -0.349 e. The molecule has 1 atom stereocenters. The van der Waals surface area contributed by atoms with Gasteiger partial charge in [0.15, 0.2) is 0 Å². The van der Waals surface area contributed by atoms with Crippen LogP contribution >= 0.6 is 0 Å². The maximum atomic E-state index is 12.8. The first-order valence-electron chi connectivity index (χ1n) is 5.64. The molecule has 0 aliphatic heterocycles. The Balaban J connectivity index is 2.98. The molecule has 1 aromatic rings. The third-order valence-corrected chi connectivity index (χ3v) is 2.45. The maximum Gasteiger partial charge on any atom is 0.417 e. The SMILES string of the molecule is C[C@@H](CC(F)(F)F)NC(=O)c1ccc(F)cc1C(F)(F)F. The molecule has 0 saturated carbocycles. The highest BCUT2D eigenvalue weighted by Crippen LogP contribution is 2.32. The Morgan fingerprint density at radius 2 is 1.76 bits per heavy atom. The fourth-order valence-corrected chi connectivity index (χ4v) is 1.65. The number of hydrogen-bond acceptors (Lipinski definition) is 1. The average Bonchev–Trinajstić information content (AvgIpc) is 2.24. The van der Waals surface area contributed by atoms with Crippen molar-refractivity contribution in [2.75, 3.05) is 0 Å². The smallest absolute Gasteiger partial charge is 0.349 e. The number of halogens is 7. The molecule has 0 saturated heterocycles. The normalized spacial score (nSPS) is 13.9. The molecule has 0 radical (unpaired) electrons. The van der Waals surface area contributed by atoms with Crippen LogP contribution in [0.5, 0.6) is 0 Å². The van der Waals surface area contributed by atoms with Crippen LogP contribution in [0.2, 0.25) is 0 Å². The zero-order valence-electron chi connectivity index (χ0n) is 10.6. The average molecular weight is 317 g/mol. The molecule has 1 N–H and O–H groups in total. The van der Waals surface area contributed by atoms with E-state index in [0.717, 1.165) is 6.92 Å². The van der Waals surface area contributed by atoms with Crippen molar-refractivity contribution in [1.29, 1.82) is 0 Å². The third-order valence-electron chi connectivity index (χ3n) is 2.45. The van der Waals surface area contributed by atoms with E-state index in [1.165, 1.54) is 0 Å². The van der Waals surface area contributed by atoms with E-state index in [-0.39, 0.29) is 6.07 Å². The van der Waals surface area contributed by atoms with Gasteiger partial charge in [-0.2, -0.15) is 26.3 Å². The first kappa shape index (κ1) is 17.3. The van der Waals surface area contributed by atoms with Gasteiger partial charge in [0.1, 0.15) is 5.82 Å². The van der Waals surface area contributed by atoms with E-state index in [2.05, 4.69) is 0 Å². The summed E-state index contributed by atoms with van der Waals surface area (Å²) in [6.45, 7) is 1.00. The Morgan fingerprint density at radius 3 is 2.24 bits per heavy atom. The topological polar surface area (TPSA) is 29.1 Å². The highest BCUT2D eigenvalue weighted by Gasteiger charge is 2.36. The van der Waals surface area contributed by atoms with E-state index >= 15 is 0 Å².